The maximum atomic E-state index is 11.6. The summed E-state index contributed by atoms with van der Waals surface area (Å²) >= 11 is 1.41. The van der Waals surface area contributed by atoms with Gasteiger partial charge in [-0.2, -0.15) is 0 Å². The number of unbranched alkanes of at least 4 members (excludes halogenated alkanes) is 1. The maximum Gasteiger partial charge on any atom is 0.321 e. The quantitative estimate of drug-likeness (QED) is 0.714. The average Bonchev–Trinajstić information content (AvgIpc) is 2.79. The molecule has 0 aliphatic rings. The van der Waals surface area contributed by atoms with Crippen molar-refractivity contribution in [1.29, 1.82) is 0 Å². The number of carbonyl (C=O) groups excluding carboxylic acids is 1. The third-order valence-electron chi connectivity index (χ3n) is 2.62. The van der Waals surface area contributed by atoms with Crippen molar-refractivity contribution in [2.45, 2.75) is 19.3 Å². The maximum absolute atomic E-state index is 11.6. The predicted molar refractivity (Wildman–Crippen MR) is 78.1 cm³/mol. The van der Waals surface area contributed by atoms with E-state index >= 15 is 0 Å². The van der Waals surface area contributed by atoms with E-state index < -0.39 is 5.97 Å². The Morgan fingerprint density at radius 2 is 2.05 bits per heavy atom. The molecule has 6 nitrogen and oxygen atoms in total. The SMILES string of the molecule is O=C(O)CCCCNC(=O)Nc1nc2ccccc2s1. The number of nitrogens with one attached hydrogen (secondary N) is 2. The first-order valence-electron chi connectivity index (χ1n) is 6.27. The monoisotopic (exact) mass is 293 g/mol. The third kappa shape index (κ3) is 4.20. The minimum absolute atomic E-state index is 0.126. The van der Waals surface area contributed by atoms with Gasteiger partial charge in [0.15, 0.2) is 5.13 Å². The van der Waals surface area contributed by atoms with Gasteiger partial charge in [-0.15, -0.1) is 0 Å². The summed E-state index contributed by atoms with van der Waals surface area (Å²) in [6.45, 7) is 0.448. The summed E-state index contributed by atoms with van der Waals surface area (Å²) < 4.78 is 1.02. The third-order valence-corrected chi connectivity index (χ3v) is 3.57. The molecule has 1 heterocycles. The zero-order valence-electron chi connectivity index (χ0n) is 10.8. The van der Waals surface area contributed by atoms with Crippen molar-refractivity contribution in [3.63, 3.8) is 0 Å². The number of benzene rings is 1. The van der Waals surface area contributed by atoms with Crippen LogP contribution in [-0.4, -0.2) is 28.6 Å². The number of rotatable bonds is 6. The minimum atomic E-state index is -0.816. The van der Waals surface area contributed by atoms with Gasteiger partial charge in [-0.1, -0.05) is 23.5 Å². The summed E-state index contributed by atoms with van der Waals surface area (Å²) in [4.78, 5) is 26.2. The standard InChI is InChI=1S/C13H15N3O3S/c17-11(18)7-3-4-8-14-12(19)16-13-15-9-5-1-2-6-10(9)20-13/h1-2,5-6H,3-4,7-8H2,(H,17,18)(H2,14,15,16,19). The Labute approximate surface area is 119 Å². The number of anilines is 1. The summed E-state index contributed by atoms with van der Waals surface area (Å²) in [5.41, 5.74) is 0.856. The van der Waals surface area contributed by atoms with Crippen LogP contribution in [0, 0.1) is 0 Å². The molecule has 3 N–H and O–H groups in total. The van der Waals surface area contributed by atoms with Crippen molar-refractivity contribution in [3.8, 4) is 0 Å². The molecule has 0 aliphatic carbocycles. The second-order valence-corrected chi connectivity index (χ2v) is 5.25. The number of aliphatic carboxylic acids is 1. The fraction of sp³-hybridized carbons (Fsp3) is 0.308. The molecule has 0 saturated carbocycles. The summed E-state index contributed by atoms with van der Waals surface area (Å²) in [6, 6.07) is 7.34. The predicted octanol–water partition coefficient (Wildman–Crippen LogP) is 2.67. The van der Waals surface area contributed by atoms with Gasteiger partial charge in [0.25, 0.3) is 0 Å². The van der Waals surface area contributed by atoms with Crippen LogP contribution in [-0.2, 0) is 4.79 Å². The first-order chi connectivity index (χ1) is 9.65. The molecule has 0 fully saturated rings. The largest absolute Gasteiger partial charge is 0.481 e. The molecule has 2 aromatic rings. The second-order valence-electron chi connectivity index (χ2n) is 4.22. The lowest BCUT2D eigenvalue weighted by Crippen LogP contribution is -2.29. The second kappa shape index (κ2) is 6.85. The molecule has 0 bridgehead atoms. The Kier molecular flexibility index (Phi) is 4.89. The van der Waals surface area contributed by atoms with Crippen molar-refractivity contribution in [3.05, 3.63) is 24.3 Å². The van der Waals surface area contributed by atoms with Gasteiger partial charge < -0.3 is 10.4 Å². The lowest BCUT2D eigenvalue weighted by molar-refractivity contribution is -0.137. The number of para-hydroxylation sites is 1. The Morgan fingerprint density at radius 3 is 2.80 bits per heavy atom. The number of amides is 2. The van der Waals surface area contributed by atoms with E-state index in [2.05, 4.69) is 15.6 Å². The van der Waals surface area contributed by atoms with Crippen molar-refractivity contribution < 1.29 is 14.7 Å². The molecule has 20 heavy (non-hydrogen) atoms. The number of aromatic nitrogens is 1. The number of fused-ring (bicyclic) bond motifs is 1. The number of urea groups is 1. The van der Waals surface area contributed by atoms with Crippen molar-refractivity contribution in [2.24, 2.45) is 0 Å². The number of nitrogens with zero attached hydrogens (tertiary/aromatic N) is 1. The first-order valence-corrected chi connectivity index (χ1v) is 7.09. The van der Waals surface area contributed by atoms with E-state index in [1.807, 2.05) is 24.3 Å². The van der Waals surface area contributed by atoms with Gasteiger partial charge in [-0.25, -0.2) is 9.78 Å². The van der Waals surface area contributed by atoms with E-state index in [9.17, 15) is 9.59 Å². The number of hydrogen-bond donors (Lipinski definition) is 3. The van der Waals surface area contributed by atoms with Crippen LogP contribution in [0.4, 0.5) is 9.93 Å². The van der Waals surface area contributed by atoms with Gasteiger partial charge >= 0.3 is 12.0 Å². The fourth-order valence-electron chi connectivity index (χ4n) is 1.67. The zero-order chi connectivity index (χ0) is 14.4. The summed E-state index contributed by atoms with van der Waals surface area (Å²) in [5.74, 6) is -0.816. The van der Waals surface area contributed by atoms with Crippen molar-refractivity contribution in [2.75, 3.05) is 11.9 Å². The van der Waals surface area contributed by atoms with Crippen LogP contribution in [0.2, 0.25) is 0 Å². The molecule has 0 saturated heterocycles. The highest BCUT2D eigenvalue weighted by Gasteiger charge is 2.06. The highest BCUT2D eigenvalue weighted by Crippen LogP contribution is 2.25. The topological polar surface area (TPSA) is 91.3 Å². The molecule has 7 heteroatoms. The molecular formula is C13H15N3O3S. The average molecular weight is 293 g/mol. The van der Waals surface area contributed by atoms with Crippen LogP contribution >= 0.6 is 11.3 Å². The number of carboxylic acids is 1. The van der Waals surface area contributed by atoms with E-state index in [1.165, 1.54) is 11.3 Å². The van der Waals surface area contributed by atoms with Crippen LogP contribution in [0.3, 0.4) is 0 Å². The molecule has 1 aromatic carbocycles. The van der Waals surface area contributed by atoms with Gasteiger partial charge in [0.1, 0.15) is 0 Å². The molecule has 2 amide bonds. The molecule has 0 atom stereocenters. The van der Waals surface area contributed by atoms with E-state index in [1.54, 1.807) is 0 Å². The molecule has 1 aromatic heterocycles. The number of carbonyl (C=O) groups is 2. The molecule has 2 rings (SSSR count). The van der Waals surface area contributed by atoms with E-state index in [0.29, 0.717) is 24.5 Å². The molecule has 0 aliphatic heterocycles. The van der Waals surface area contributed by atoms with Gasteiger partial charge in [-0.3, -0.25) is 10.1 Å². The zero-order valence-corrected chi connectivity index (χ0v) is 11.6. The van der Waals surface area contributed by atoms with Gasteiger partial charge in [-0.05, 0) is 25.0 Å². The highest BCUT2D eigenvalue weighted by atomic mass is 32.1. The van der Waals surface area contributed by atoms with E-state index in [4.69, 9.17) is 5.11 Å². The van der Waals surface area contributed by atoms with Gasteiger partial charge in [0, 0.05) is 13.0 Å². The van der Waals surface area contributed by atoms with E-state index in [-0.39, 0.29) is 12.5 Å². The molecule has 106 valence electrons. The Morgan fingerprint density at radius 1 is 1.25 bits per heavy atom. The normalized spacial score (nSPS) is 10.4. The molecule has 0 unspecified atom stereocenters. The molecule has 0 radical (unpaired) electrons. The Bertz CT molecular complexity index is 579. The Hall–Kier alpha value is -2.15. The lowest BCUT2D eigenvalue weighted by atomic mass is 10.2. The van der Waals surface area contributed by atoms with Crippen molar-refractivity contribution >= 4 is 38.7 Å². The van der Waals surface area contributed by atoms with Crippen LogP contribution in [0.15, 0.2) is 24.3 Å². The van der Waals surface area contributed by atoms with Gasteiger partial charge in [0.2, 0.25) is 0 Å². The Balaban J connectivity index is 1.75. The smallest absolute Gasteiger partial charge is 0.321 e. The molecule has 0 spiro atoms. The highest BCUT2D eigenvalue weighted by molar-refractivity contribution is 7.22. The van der Waals surface area contributed by atoms with E-state index in [0.717, 1.165) is 10.2 Å². The summed E-state index contributed by atoms with van der Waals surface area (Å²) in [5, 5.41) is 14.4. The van der Waals surface area contributed by atoms with Gasteiger partial charge in [0.05, 0.1) is 10.2 Å². The first kappa shape index (κ1) is 14.3. The van der Waals surface area contributed by atoms with Crippen LogP contribution in [0.5, 0.6) is 0 Å². The van der Waals surface area contributed by atoms with Crippen LogP contribution in [0.1, 0.15) is 19.3 Å². The lowest BCUT2D eigenvalue weighted by Gasteiger charge is -2.04. The summed E-state index contributed by atoms with van der Waals surface area (Å²) in [7, 11) is 0. The summed E-state index contributed by atoms with van der Waals surface area (Å²) in [6.07, 6.45) is 1.32. The number of thiazole rings is 1. The minimum Gasteiger partial charge on any atom is -0.481 e. The number of hydrogen-bond acceptors (Lipinski definition) is 4. The van der Waals surface area contributed by atoms with Crippen LogP contribution in [0.25, 0.3) is 10.2 Å². The number of carboxylic acid groups (broad SMARTS) is 1. The van der Waals surface area contributed by atoms with Crippen molar-refractivity contribution in [1.82, 2.24) is 10.3 Å². The van der Waals surface area contributed by atoms with Crippen LogP contribution < -0.4 is 10.6 Å². The molecular weight excluding hydrogens is 278 g/mol. The fourth-order valence-corrected chi connectivity index (χ4v) is 2.53.